The molecule has 0 saturated carbocycles. The van der Waals surface area contributed by atoms with Gasteiger partial charge in [0, 0.05) is 18.7 Å². The van der Waals surface area contributed by atoms with E-state index in [0.717, 1.165) is 5.56 Å². The van der Waals surface area contributed by atoms with Gasteiger partial charge in [0.25, 0.3) is 11.8 Å². The summed E-state index contributed by atoms with van der Waals surface area (Å²) < 4.78 is 11.0. The van der Waals surface area contributed by atoms with Crippen molar-refractivity contribution in [2.45, 2.75) is 20.4 Å². The second-order valence-electron chi connectivity index (χ2n) is 7.10. The summed E-state index contributed by atoms with van der Waals surface area (Å²) in [6.07, 6.45) is 0. The van der Waals surface area contributed by atoms with Gasteiger partial charge in [0.2, 0.25) is 0 Å². The zero-order chi connectivity index (χ0) is 22.9. The van der Waals surface area contributed by atoms with Gasteiger partial charge >= 0.3 is 0 Å². The van der Waals surface area contributed by atoms with E-state index in [1.165, 1.54) is 0 Å². The van der Waals surface area contributed by atoms with Gasteiger partial charge in [0.15, 0.2) is 11.5 Å². The average Bonchev–Trinajstić information content (AvgIpc) is 2.84. The van der Waals surface area contributed by atoms with Gasteiger partial charge in [-0.3, -0.25) is 9.59 Å². The second kappa shape index (κ2) is 11.0. The Morgan fingerprint density at radius 3 is 2.31 bits per heavy atom. The van der Waals surface area contributed by atoms with Crippen molar-refractivity contribution in [1.82, 2.24) is 4.90 Å². The number of carbonyl (C=O) groups excluding carboxylic acids is 2. The van der Waals surface area contributed by atoms with Crippen molar-refractivity contribution in [2.24, 2.45) is 0 Å². The molecule has 0 aromatic heterocycles. The normalized spacial score (nSPS) is 10.3. The van der Waals surface area contributed by atoms with Crippen molar-refractivity contribution in [3.05, 3.63) is 89.5 Å². The lowest BCUT2D eigenvalue weighted by atomic mass is 10.1. The molecule has 0 aliphatic carbocycles. The highest BCUT2D eigenvalue weighted by atomic mass is 16.5. The minimum Gasteiger partial charge on any atom is -0.493 e. The molecule has 0 radical (unpaired) electrons. The molecule has 2 amide bonds. The third-order valence-corrected chi connectivity index (χ3v) is 5.01. The predicted molar refractivity (Wildman–Crippen MR) is 125 cm³/mol. The van der Waals surface area contributed by atoms with Gasteiger partial charge in [-0.15, -0.1) is 0 Å². The van der Waals surface area contributed by atoms with Crippen molar-refractivity contribution >= 4 is 17.5 Å². The molecule has 0 spiro atoms. The first kappa shape index (κ1) is 22.9. The third kappa shape index (κ3) is 5.46. The van der Waals surface area contributed by atoms with Gasteiger partial charge in [0.05, 0.1) is 25.0 Å². The number of nitrogens with one attached hydrogen (secondary N) is 1. The third-order valence-electron chi connectivity index (χ3n) is 5.01. The van der Waals surface area contributed by atoms with Crippen LogP contribution in [-0.4, -0.2) is 37.0 Å². The van der Waals surface area contributed by atoms with Crippen LogP contribution in [0.5, 0.6) is 11.5 Å². The van der Waals surface area contributed by atoms with Gasteiger partial charge in [-0.05, 0) is 55.8 Å². The highest BCUT2D eigenvalue weighted by Gasteiger charge is 2.20. The minimum absolute atomic E-state index is 0.163. The molecule has 3 aromatic carbocycles. The van der Waals surface area contributed by atoms with Crippen LogP contribution < -0.4 is 14.8 Å². The molecule has 3 aromatic rings. The van der Waals surface area contributed by atoms with Crippen LogP contribution in [-0.2, 0) is 6.54 Å². The van der Waals surface area contributed by atoms with E-state index in [9.17, 15) is 9.59 Å². The largest absolute Gasteiger partial charge is 0.493 e. The van der Waals surface area contributed by atoms with Crippen LogP contribution >= 0.6 is 0 Å². The monoisotopic (exact) mass is 432 g/mol. The van der Waals surface area contributed by atoms with Crippen molar-refractivity contribution < 1.29 is 19.1 Å². The van der Waals surface area contributed by atoms with Crippen LogP contribution in [0.2, 0.25) is 0 Å². The van der Waals surface area contributed by atoms with Crippen LogP contribution in [0.25, 0.3) is 0 Å². The number of methoxy groups -OCH3 is 1. The first-order valence-corrected chi connectivity index (χ1v) is 10.6. The van der Waals surface area contributed by atoms with Crippen LogP contribution in [0.4, 0.5) is 5.69 Å². The number of benzene rings is 3. The van der Waals surface area contributed by atoms with Crippen molar-refractivity contribution in [2.75, 3.05) is 25.6 Å². The SMILES string of the molecule is CCOc1ccc(CN(CC)C(=O)c2ccccc2NC(=O)c2ccccc2)cc1OC. The van der Waals surface area contributed by atoms with E-state index in [0.29, 0.717) is 48.0 Å². The Hall–Kier alpha value is -3.80. The number of rotatable bonds is 9. The molecule has 1 N–H and O–H groups in total. The van der Waals surface area contributed by atoms with E-state index in [-0.39, 0.29) is 11.8 Å². The molecule has 3 rings (SSSR count). The summed E-state index contributed by atoms with van der Waals surface area (Å²) >= 11 is 0. The Morgan fingerprint density at radius 2 is 1.62 bits per heavy atom. The summed E-state index contributed by atoms with van der Waals surface area (Å²) in [5.41, 5.74) is 2.38. The fourth-order valence-corrected chi connectivity index (χ4v) is 3.37. The molecule has 0 bridgehead atoms. The molecule has 0 unspecified atom stereocenters. The molecular formula is C26H28N2O4. The fourth-order valence-electron chi connectivity index (χ4n) is 3.37. The molecule has 0 aliphatic heterocycles. The summed E-state index contributed by atoms with van der Waals surface area (Å²) in [5, 5.41) is 2.87. The number of hydrogen-bond acceptors (Lipinski definition) is 4. The molecule has 6 heteroatoms. The summed E-state index contributed by atoms with van der Waals surface area (Å²) in [4.78, 5) is 27.7. The predicted octanol–water partition coefficient (Wildman–Crippen LogP) is 5.01. The van der Waals surface area contributed by atoms with Gasteiger partial charge in [-0.2, -0.15) is 0 Å². The number of hydrogen-bond donors (Lipinski definition) is 1. The molecule has 0 aliphatic rings. The zero-order valence-corrected chi connectivity index (χ0v) is 18.6. The average molecular weight is 433 g/mol. The second-order valence-corrected chi connectivity index (χ2v) is 7.10. The first-order valence-electron chi connectivity index (χ1n) is 10.6. The molecular weight excluding hydrogens is 404 g/mol. The molecule has 166 valence electrons. The Kier molecular flexibility index (Phi) is 7.86. The van der Waals surface area contributed by atoms with Crippen molar-refractivity contribution in [3.63, 3.8) is 0 Å². The Morgan fingerprint density at radius 1 is 0.906 bits per heavy atom. The molecule has 0 atom stereocenters. The maximum absolute atomic E-state index is 13.4. The quantitative estimate of drug-likeness (QED) is 0.516. The molecule has 6 nitrogen and oxygen atoms in total. The first-order chi connectivity index (χ1) is 15.6. The lowest BCUT2D eigenvalue weighted by Crippen LogP contribution is -2.31. The van der Waals surface area contributed by atoms with Crippen LogP contribution in [0.15, 0.2) is 72.8 Å². The van der Waals surface area contributed by atoms with Crippen LogP contribution in [0.3, 0.4) is 0 Å². The van der Waals surface area contributed by atoms with Crippen molar-refractivity contribution in [1.29, 1.82) is 0 Å². The van der Waals surface area contributed by atoms with Gasteiger partial charge in [-0.1, -0.05) is 36.4 Å². The van der Waals surface area contributed by atoms with E-state index >= 15 is 0 Å². The fraction of sp³-hybridized carbons (Fsp3) is 0.231. The Labute approximate surface area is 188 Å². The smallest absolute Gasteiger partial charge is 0.256 e. The number of para-hydroxylation sites is 1. The summed E-state index contributed by atoms with van der Waals surface area (Å²) in [5.74, 6) is 0.875. The lowest BCUT2D eigenvalue weighted by Gasteiger charge is -2.23. The number of carbonyl (C=O) groups is 2. The van der Waals surface area contributed by atoms with Crippen LogP contribution in [0.1, 0.15) is 40.1 Å². The standard InChI is InChI=1S/C26H28N2O4/c1-4-28(18-19-15-16-23(32-5-2)24(17-19)31-3)26(30)21-13-9-10-14-22(21)27-25(29)20-11-7-6-8-12-20/h6-17H,4-5,18H2,1-3H3,(H,27,29). The number of anilines is 1. The number of nitrogens with zero attached hydrogens (tertiary/aromatic N) is 1. The lowest BCUT2D eigenvalue weighted by molar-refractivity contribution is 0.0753. The van der Waals surface area contributed by atoms with E-state index in [1.54, 1.807) is 60.5 Å². The minimum atomic E-state index is -0.259. The Balaban J connectivity index is 1.81. The highest BCUT2D eigenvalue weighted by molar-refractivity contribution is 6.09. The van der Waals surface area contributed by atoms with Gasteiger partial charge in [0.1, 0.15) is 0 Å². The van der Waals surface area contributed by atoms with E-state index in [2.05, 4.69) is 5.32 Å². The molecule has 0 saturated heterocycles. The van der Waals surface area contributed by atoms with Crippen molar-refractivity contribution in [3.8, 4) is 11.5 Å². The summed E-state index contributed by atoms with van der Waals surface area (Å²) in [6.45, 7) is 5.29. The number of ether oxygens (including phenoxy) is 2. The Bertz CT molecular complexity index is 1070. The van der Waals surface area contributed by atoms with E-state index in [1.807, 2.05) is 38.1 Å². The highest BCUT2D eigenvalue weighted by Crippen LogP contribution is 2.29. The van der Waals surface area contributed by atoms with E-state index in [4.69, 9.17) is 9.47 Å². The van der Waals surface area contributed by atoms with Gasteiger partial charge < -0.3 is 19.7 Å². The molecule has 0 heterocycles. The van der Waals surface area contributed by atoms with Crippen LogP contribution in [0, 0.1) is 0 Å². The van der Waals surface area contributed by atoms with E-state index < -0.39 is 0 Å². The molecule has 32 heavy (non-hydrogen) atoms. The summed E-state index contributed by atoms with van der Waals surface area (Å²) in [6, 6.07) is 21.6. The maximum Gasteiger partial charge on any atom is 0.256 e. The maximum atomic E-state index is 13.4. The van der Waals surface area contributed by atoms with Gasteiger partial charge in [-0.25, -0.2) is 0 Å². The zero-order valence-electron chi connectivity index (χ0n) is 18.6. The topological polar surface area (TPSA) is 67.9 Å². The molecule has 0 fully saturated rings. The number of amides is 2. The summed E-state index contributed by atoms with van der Waals surface area (Å²) in [7, 11) is 1.59.